The van der Waals surface area contributed by atoms with Crippen molar-refractivity contribution in [3.8, 4) is 5.75 Å². The molecule has 2 N–H and O–H groups in total. The summed E-state index contributed by atoms with van der Waals surface area (Å²) in [4.78, 5) is 16.9. The molecule has 0 saturated carbocycles. The van der Waals surface area contributed by atoms with E-state index in [1.165, 1.54) is 11.3 Å². The molecular formula is C22H24N2O3S. The standard InChI is InChI=1S/C22H24N2O3S/c1-22(15-25,11-17-7-3-2-4-8-17)14-23-21(26)19-9-5-6-10-20(19)27-12-18-13-28-16-24-18/h2-10,13,16,25H,11-12,14-15H2,1H3,(H,23,26)/t22-/m0/s1. The van der Waals surface area contributed by atoms with E-state index in [1.807, 2.05) is 48.7 Å². The van der Waals surface area contributed by atoms with Crippen LogP contribution in [0.3, 0.4) is 0 Å². The van der Waals surface area contributed by atoms with Gasteiger partial charge in [0.2, 0.25) is 0 Å². The monoisotopic (exact) mass is 396 g/mol. The Labute approximate surface area is 169 Å². The van der Waals surface area contributed by atoms with Crippen LogP contribution in [0.15, 0.2) is 65.5 Å². The summed E-state index contributed by atoms with van der Waals surface area (Å²) in [6.07, 6.45) is 0.673. The molecule has 1 aromatic heterocycles. The minimum Gasteiger partial charge on any atom is -0.486 e. The number of nitrogens with zero attached hydrogens (tertiary/aromatic N) is 1. The molecule has 1 heterocycles. The number of ether oxygens (including phenoxy) is 1. The van der Waals surface area contributed by atoms with Crippen LogP contribution in [0.5, 0.6) is 5.75 Å². The summed E-state index contributed by atoms with van der Waals surface area (Å²) in [6.45, 7) is 2.61. The van der Waals surface area contributed by atoms with Crippen LogP contribution < -0.4 is 10.1 Å². The van der Waals surface area contributed by atoms with Gasteiger partial charge >= 0.3 is 0 Å². The molecule has 6 heteroatoms. The normalized spacial score (nSPS) is 12.9. The van der Waals surface area contributed by atoms with Crippen molar-refractivity contribution in [2.24, 2.45) is 5.41 Å². The molecule has 146 valence electrons. The Morgan fingerprint density at radius 3 is 2.64 bits per heavy atom. The zero-order chi connectivity index (χ0) is 19.8. The first kappa shape index (κ1) is 20.0. The van der Waals surface area contributed by atoms with Gasteiger partial charge in [0, 0.05) is 17.3 Å². The van der Waals surface area contributed by atoms with Gasteiger partial charge in [-0.15, -0.1) is 11.3 Å². The van der Waals surface area contributed by atoms with Crippen LogP contribution in [0.25, 0.3) is 0 Å². The lowest BCUT2D eigenvalue weighted by Gasteiger charge is -2.28. The molecule has 5 nitrogen and oxygen atoms in total. The molecule has 0 bridgehead atoms. The van der Waals surface area contributed by atoms with Gasteiger partial charge in [0.1, 0.15) is 12.4 Å². The number of benzene rings is 2. The fourth-order valence-corrected chi connectivity index (χ4v) is 3.44. The minimum atomic E-state index is -0.451. The van der Waals surface area contributed by atoms with Crippen molar-refractivity contribution in [2.75, 3.05) is 13.2 Å². The number of aliphatic hydroxyl groups is 1. The van der Waals surface area contributed by atoms with Gasteiger partial charge in [0.15, 0.2) is 0 Å². The van der Waals surface area contributed by atoms with Gasteiger partial charge in [0.05, 0.1) is 23.4 Å². The highest BCUT2D eigenvalue weighted by atomic mass is 32.1. The van der Waals surface area contributed by atoms with E-state index in [1.54, 1.807) is 23.7 Å². The summed E-state index contributed by atoms with van der Waals surface area (Å²) >= 11 is 1.51. The lowest BCUT2D eigenvalue weighted by atomic mass is 9.84. The molecule has 0 saturated heterocycles. The summed E-state index contributed by atoms with van der Waals surface area (Å²) in [5.74, 6) is 0.295. The van der Waals surface area contributed by atoms with Crippen molar-refractivity contribution in [2.45, 2.75) is 20.0 Å². The number of hydrogen-bond acceptors (Lipinski definition) is 5. The zero-order valence-corrected chi connectivity index (χ0v) is 16.6. The summed E-state index contributed by atoms with van der Waals surface area (Å²) in [5.41, 5.74) is 3.72. The quantitative estimate of drug-likeness (QED) is 0.579. The third-order valence-electron chi connectivity index (χ3n) is 4.52. The lowest BCUT2D eigenvalue weighted by Crippen LogP contribution is -2.39. The molecule has 0 aliphatic heterocycles. The average Bonchev–Trinajstić information content (AvgIpc) is 3.25. The number of carbonyl (C=O) groups excluding carboxylic acids is 1. The van der Waals surface area contributed by atoms with Gasteiger partial charge in [-0.1, -0.05) is 49.4 Å². The predicted molar refractivity (Wildman–Crippen MR) is 111 cm³/mol. The molecule has 2 aromatic carbocycles. The number of aliphatic hydroxyl groups excluding tert-OH is 1. The van der Waals surface area contributed by atoms with Crippen molar-refractivity contribution in [3.05, 3.63) is 82.3 Å². The van der Waals surface area contributed by atoms with E-state index >= 15 is 0 Å². The first-order valence-electron chi connectivity index (χ1n) is 9.11. The maximum absolute atomic E-state index is 12.8. The second kappa shape index (κ2) is 9.48. The molecule has 3 aromatic rings. The van der Waals surface area contributed by atoms with E-state index < -0.39 is 5.41 Å². The van der Waals surface area contributed by atoms with Gasteiger partial charge in [-0.05, 0) is 24.1 Å². The van der Waals surface area contributed by atoms with Crippen LogP contribution in [0.4, 0.5) is 0 Å². The number of thiazole rings is 1. The second-order valence-corrected chi connectivity index (χ2v) is 7.80. The van der Waals surface area contributed by atoms with Crippen LogP contribution in [-0.2, 0) is 13.0 Å². The molecule has 0 unspecified atom stereocenters. The highest BCUT2D eigenvalue weighted by Gasteiger charge is 2.25. The molecule has 0 aliphatic carbocycles. The largest absolute Gasteiger partial charge is 0.486 e. The molecule has 0 fully saturated rings. The fourth-order valence-electron chi connectivity index (χ4n) is 2.89. The Hall–Kier alpha value is -2.70. The first-order chi connectivity index (χ1) is 13.6. The molecule has 0 radical (unpaired) electrons. The number of carbonyl (C=O) groups is 1. The van der Waals surface area contributed by atoms with Gasteiger partial charge in [0.25, 0.3) is 5.91 Å². The van der Waals surface area contributed by atoms with Crippen LogP contribution in [0.1, 0.15) is 28.5 Å². The third-order valence-corrected chi connectivity index (χ3v) is 5.16. The molecule has 1 amide bonds. The number of rotatable bonds is 9. The number of hydrogen-bond donors (Lipinski definition) is 2. The highest BCUT2D eigenvalue weighted by molar-refractivity contribution is 7.07. The summed E-state index contributed by atoms with van der Waals surface area (Å²) < 4.78 is 5.79. The van der Waals surface area contributed by atoms with E-state index in [2.05, 4.69) is 10.3 Å². The van der Waals surface area contributed by atoms with E-state index in [0.29, 0.717) is 30.9 Å². The van der Waals surface area contributed by atoms with Crippen molar-refractivity contribution in [1.82, 2.24) is 10.3 Å². The first-order valence-corrected chi connectivity index (χ1v) is 10.1. The molecule has 3 rings (SSSR count). The SMILES string of the molecule is C[C@@](CO)(CNC(=O)c1ccccc1OCc1cscn1)Cc1ccccc1. The van der Waals surface area contributed by atoms with Gasteiger partial charge < -0.3 is 15.2 Å². The summed E-state index contributed by atoms with van der Waals surface area (Å²) in [6, 6.07) is 17.1. The van der Waals surface area contributed by atoms with E-state index in [4.69, 9.17) is 4.74 Å². The van der Waals surface area contributed by atoms with Crippen molar-refractivity contribution in [1.29, 1.82) is 0 Å². The molecule has 1 atom stereocenters. The number of nitrogens with one attached hydrogen (secondary N) is 1. The van der Waals surface area contributed by atoms with Crippen molar-refractivity contribution >= 4 is 17.2 Å². The van der Waals surface area contributed by atoms with Gasteiger partial charge in [-0.25, -0.2) is 4.98 Å². The Morgan fingerprint density at radius 2 is 1.93 bits per heavy atom. The van der Waals surface area contributed by atoms with Crippen LogP contribution in [0, 0.1) is 5.41 Å². The predicted octanol–water partition coefficient (Wildman–Crippen LogP) is 3.69. The Morgan fingerprint density at radius 1 is 1.18 bits per heavy atom. The van der Waals surface area contributed by atoms with E-state index in [-0.39, 0.29) is 12.5 Å². The van der Waals surface area contributed by atoms with Gasteiger partial charge in [-0.2, -0.15) is 0 Å². The maximum atomic E-state index is 12.8. The van der Waals surface area contributed by atoms with Crippen LogP contribution in [-0.4, -0.2) is 29.1 Å². The average molecular weight is 397 g/mol. The molecule has 0 aliphatic rings. The minimum absolute atomic E-state index is 0.0237. The smallest absolute Gasteiger partial charge is 0.255 e. The molecule has 28 heavy (non-hydrogen) atoms. The number of aromatic nitrogens is 1. The molecular weight excluding hydrogens is 372 g/mol. The summed E-state index contributed by atoms with van der Waals surface area (Å²) in [7, 11) is 0. The van der Waals surface area contributed by atoms with Crippen molar-refractivity contribution < 1.29 is 14.6 Å². The van der Waals surface area contributed by atoms with Gasteiger partial charge in [-0.3, -0.25) is 4.79 Å². The second-order valence-electron chi connectivity index (χ2n) is 7.08. The zero-order valence-electron chi connectivity index (χ0n) is 15.8. The van der Waals surface area contributed by atoms with Crippen molar-refractivity contribution in [3.63, 3.8) is 0 Å². The van der Waals surface area contributed by atoms with Crippen LogP contribution >= 0.6 is 11.3 Å². The lowest BCUT2D eigenvalue weighted by molar-refractivity contribution is 0.0891. The summed E-state index contributed by atoms with van der Waals surface area (Å²) in [5, 5.41) is 14.8. The maximum Gasteiger partial charge on any atom is 0.255 e. The Bertz CT molecular complexity index is 884. The topological polar surface area (TPSA) is 71.5 Å². The Balaban J connectivity index is 1.63. The van der Waals surface area contributed by atoms with E-state index in [0.717, 1.165) is 11.3 Å². The molecule has 0 spiro atoms. The highest BCUT2D eigenvalue weighted by Crippen LogP contribution is 2.23. The fraction of sp³-hybridized carbons (Fsp3) is 0.273. The van der Waals surface area contributed by atoms with Crippen LogP contribution in [0.2, 0.25) is 0 Å². The third kappa shape index (κ3) is 5.41. The number of para-hydroxylation sites is 1. The van der Waals surface area contributed by atoms with E-state index in [9.17, 15) is 9.90 Å². The number of amides is 1. The Kier molecular flexibility index (Phi) is 6.79.